The van der Waals surface area contributed by atoms with Gasteiger partial charge in [-0.2, -0.15) is 0 Å². The Hall–Kier alpha value is -0.960. The molecular formula is C6H9NO3P+. The fourth-order valence-corrected chi connectivity index (χ4v) is 0.406. The van der Waals surface area contributed by atoms with E-state index in [1.807, 2.05) is 36.7 Å². The summed E-state index contributed by atoms with van der Waals surface area (Å²) in [6.45, 7) is 0. The van der Waals surface area contributed by atoms with E-state index in [1.54, 1.807) is 0 Å². The maximum Gasteiger partial charge on any atom is 0.692 e. The van der Waals surface area contributed by atoms with Gasteiger partial charge in [-0.1, -0.05) is 12.2 Å². The summed E-state index contributed by atoms with van der Waals surface area (Å²) in [4.78, 5) is 14.2. The van der Waals surface area contributed by atoms with Crippen molar-refractivity contribution >= 4 is 8.25 Å². The lowest BCUT2D eigenvalue weighted by Gasteiger charge is -1.79. The van der Waals surface area contributed by atoms with E-state index in [9.17, 15) is 0 Å². The van der Waals surface area contributed by atoms with Crippen LogP contribution >= 0.6 is 8.25 Å². The molecule has 5 heteroatoms. The first-order valence-corrected chi connectivity index (χ1v) is 3.99. The Morgan fingerprint density at radius 3 is 1.73 bits per heavy atom. The molecule has 1 heterocycles. The van der Waals surface area contributed by atoms with Gasteiger partial charge in [0.2, 0.25) is 0 Å². The van der Waals surface area contributed by atoms with Gasteiger partial charge in [-0.3, -0.25) is 0 Å². The third kappa shape index (κ3) is 12.3. The van der Waals surface area contributed by atoms with Crippen molar-refractivity contribution in [2.45, 2.75) is 0 Å². The van der Waals surface area contributed by atoms with E-state index in [0.29, 0.717) is 0 Å². The zero-order valence-electron chi connectivity index (χ0n) is 5.71. The lowest BCUT2D eigenvalue weighted by Crippen LogP contribution is -1.87. The van der Waals surface area contributed by atoms with Gasteiger partial charge in [-0.15, -0.1) is 9.79 Å². The van der Waals surface area contributed by atoms with E-state index in [2.05, 4.69) is 5.32 Å². The van der Waals surface area contributed by atoms with Crippen molar-refractivity contribution in [2.75, 3.05) is 0 Å². The van der Waals surface area contributed by atoms with Crippen molar-refractivity contribution < 1.29 is 14.4 Å². The predicted molar refractivity (Wildman–Crippen MR) is 42.6 cm³/mol. The molecule has 0 atom stereocenters. The second-order valence-corrected chi connectivity index (χ2v) is 2.03. The average molecular weight is 174 g/mol. The van der Waals surface area contributed by atoms with Gasteiger partial charge in [0, 0.05) is 17.0 Å². The Bertz CT molecular complexity index is 180. The number of rotatable bonds is 0. The van der Waals surface area contributed by atoms with Crippen molar-refractivity contribution in [2.24, 2.45) is 0 Å². The second-order valence-electron chi connectivity index (χ2n) is 1.52. The molecule has 0 amide bonds. The fourth-order valence-electron chi connectivity index (χ4n) is 0.406. The Kier molecular flexibility index (Phi) is 6.53. The van der Waals surface area contributed by atoms with Gasteiger partial charge in [0.25, 0.3) is 0 Å². The van der Waals surface area contributed by atoms with Crippen molar-refractivity contribution in [3.05, 3.63) is 36.7 Å². The van der Waals surface area contributed by atoms with Gasteiger partial charge in [0.1, 0.15) is 0 Å². The maximum atomic E-state index is 8.70. The van der Waals surface area contributed by atoms with Crippen LogP contribution in [0.5, 0.6) is 0 Å². The summed E-state index contributed by atoms with van der Waals surface area (Å²) in [5.74, 6) is 0. The minimum absolute atomic E-state index is 1.88. The summed E-state index contributed by atoms with van der Waals surface area (Å²) in [7, 11) is -2.87. The first kappa shape index (κ1) is 10.0. The summed E-state index contributed by atoms with van der Waals surface area (Å²) >= 11 is 0. The van der Waals surface area contributed by atoms with E-state index in [-0.39, 0.29) is 0 Å². The van der Waals surface area contributed by atoms with Crippen LogP contribution in [0.15, 0.2) is 36.7 Å². The lowest BCUT2D eigenvalue weighted by molar-refractivity contribution is 0.405. The van der Waals surface area contributed by atoms with E-state index < -0.39 is 8.25 Å². The van der Waals surface area contributed by atoms with Gasteiger partial charge in [-0.25, -0.2) is 0 Å². The maximum absolute atomic E-state index is 8.70. The van der Waals surface area contributed by atoms with E-state index in [0.717, 1.165) is 0 Å². The Morgan fingerprint density at radius 1 is 1.00 bits per heavy atom. The van der Waals surface area contributed by atoms with E-state index in [1.165, 1.54) is 0 Å². The van der Waals surface area contributed by atoms with Gasteiger partial charge in [0.05, 0.1) is 0 Å². The van der Waals surface area contributed by atoms with Crippen LogP contribution in [0.1, 0.15) is 0 Å². The molecule has 1 rings (SSSR count). The lowest BCUT2D eigenvalue weighted by atomic mass is 10.5. The minimum atomic E-state index is -2.87. The topological polar surface area (TPSA) is 69.6 Å². The molecule has 4 nitrogen and oxygen atoms in total. The van der Waals surface area contributed by atoms with Crippen LogP contribution in [0.4, 0.5) is 0 Å². The molecule has 60 valence electrons. The second kappa shape index (κ2) is 7.15. The fraction of sp³-hybridized carbons (Fsp3) is 0. The zero-order valence-corrected chi connectivity index (χ0v) is 6.61. The molecule has 0 radical (unpaired) electrons. The molecule has 11 heavy (non-hydrogen) atoms. The smallest absolute Gasteiger partial charge is 0.368 e. The summed E-state index contributed by atoms with van der Waals surface area (Å²) in [6.07, 6.45) is 11.6. The largest absolute Gasteiger partial charge is 0.692 e. The first-order valence-electron chi connectivity index (χ1n) is 2.83. The molecule has 0 aromatic carbocycles. The van der Waals surface area contributed by atoms with Crippen LogP contribution in [0.3, 0.4) is 0 Å². The molecule has 0 spiro atoms. The SMILES string of the molecule is C1=CC=CNC=C1.O=[P+](O)O. The van der Waals surface area contributed by atoms with Crippen LogP contribution < -0.4 is 5.32 Å². The molecular weight excluding hydrogens is 165 g/mol. The Balaban J connectivity index is 0.000000218. The van der Waals surface area contributed by atoms with Crippen molar-refractivity contribution in [1.29, 1.82) is 0 Å². The predicted octanol–water partition coefficient (Wildman–Crippen LogP) is 0.802. The summed E-state index contributed by atoms with van der Waals surface area (Å²) in [5.41, 5.74) is 0. The van der Waals surface area contributed by atoms with E-state index in [4.69, 9.17) is 14.4 Å². The minimum Gasteiger partial charge on any atom is -0.368 e. The highest BCUT2D eigenvalue weighted by molar-refractivity contribution is 7.30. The third-order valence-electron chi connectivity index (χ3n) is 0.718. The molecule has 3 N–H and O–H groups in total. The molecule has 1 aliphatic heterocycles. The summed E-state index contributed by atoms with van der Waals surface area (Å²) in [5, 5.41) is 2.92. The van der Waals surface area contributed by atoms with Gasteiger partial charge < -0.3 is 5.32 Å². The van der Waals surface area contributed by atoms with Gasteiger partial charge >= 0.3 is 8.25 Å². The molecule has 0 fully saturated rings. The Labute approximate surface area is 65.5 Å². The molecule has 0 saturated carbocycles. The summed E-state index contributed by atoms with van der Waals surface area (Å²) in [6, 6.07) is 0. The number of hydrogen-bond acceptors (Lipinski definition) is 2. The van der Waals surface area contributed by atoms with Gasteiger partial charge in [0.15, 0.2) is 0 Å². The van der Waals surface area contributed by atoms with E-state index >= 15 is 0 Å². The quantitative estimate of drug-likeness (QED) is 0.475. The van der Waals surface area contributed by atoms with Crippen LogP contribution in [0.25, 0.3) is 0 Å². The highest BCUT2D eigenvalue weighted by atomic mass is 31.1. The van der Waals surface area contributed by atoms with Crippen LogP contribution in [0.2, 0.25) is 0 Å². The molecule has 1 aliphatic rings. The zero-order chi connectivity index (χ0) is 8.53. The Morgan fingerprint density at radius 2 is 1.36 bits per heavy atom. The summed E-state index contributed by atoms with van der Waals surface area (Å²) < 4.78 is 8.70. The molecule has 0 unspecified atom stereocenters. The van der Waals surface area contributed by atoms with Crippen molar-refractivity contribution in [3.8, 4) is 0 Å². The average Bonchev–Trinajstić information content (AvgIpc) is 2.13. The van der Waals surface area contributed by atoms with Crippen LogP contribution in [0, 0.1) is 0 Å². The third-order valence-corrected chi connectivity index (χ3v) is 0.718. The van der Waals surface area contributed by atoms with Gasteiger partial charge in [-0.05, 0) is 12.2 Å². The van der Waals surface area contributed by atoms with Crippen molar-refractivity contribution in [1.82, 2.24) is 5.32 Å². The highest BCUT2D eigenvalue weighted by Crippen LogP contribution is 1.98. The molecule has 0 saturated heterocycles. The number of hydrogen-bond donors (Lipinski definition) is 3. The molecule has 0 bridgehead atoms. The first-order chi connectivity index (χ1) is 5.23. The van der Waals surface area contributed by atoms with Crippen molar-refractivity contribution in [3.63, 3.8) is 0 Å². The number of nitrogens with one attached hydrogen (secondary N) is 1. The van der Waals surface area contributed by atoms with Crippen LogP contribution in [-0.2, 0) is 4.57 Å². The monoisotopic (exact) mass is 174 g/mol. The molecule has 0 aromatic heterocycles. The normalized spacial score (nSPS) is 12.5. The standard InChI is InChI=1S/C6H7N.HO3P/c1-2-4-6-7-5-3-1;1-4(2)3/h1-7H;(H-,1,2,3)/p+1. The highest BCUT2D eigenvalue weighted by Gasteiger charge is 1.93. The van der Waals surface area contributed by atoms with Crippen LogP contribution in [-0.4, -0.2) is 9.79 Å². The molecule has 0 aliphatic carbocycles. The number of allylic oxidation sites excluding steroid dienone is 4. The molecule has 0 aromatic rings.